The van der Waals surface area contributed by atoms with Crippen LogP contribution in [0.2, 0.25) is 0 Å². The minimum atomic E-state index is -0.145. The van der Waals surface area contributed by atoms with Gasteiger partial charge in [-0.15, -0.1) is 0 Å². The summed E-state index contributed by atoms with van der Waals surface area (Å²) in [6, 6.07) is 0.246. The SMILES string of the molecule is CCCCCNC(=O)C1CC(=O)N(C(C)CC)C1. The Labute approximate surface area is 110 Å². The molecule has 1 saturated heterocycles. The van der Waals surface area contributed by atoms with Gasteiger partial charge in [-0.1, -0.05) is 26.7 Å². The number of nitrogens with one attached hydrogen (secondary N) is 1. The lowest BCUT2D eigenvalue weighted by atomic mass is 10.1. The third-order valence-corrected chi connectivity index (χ3v) is 3.73. The van der Waals surface area contributed by atoms with Gasteiger partial charge in [0, 0.05) is 25.6 Å². The van der Waals surface area contributed by atoms with Crippen molar-refractivity contribution in [2.45, 2.75) is 58.9 Å². The zero-order valence-electron chi connectivity index (χ0n) is 11.9. The largest absolute Gasteiger partial charge is 0.356 e. The molecule has 1 N–H and O–H groups in total. The summed E-state index contributed by atoms with van der Waals surface area (Å²) < 4.78 is 0. The highest BCUT2D eigenvalue weighted by Crippen LogP contribution is 2.21. The molecule has 4 heteroatoms. The van der Waals surface area contributed by atoms with Crippen molar-refractivity contribution in [1.29, 1.82) is 0 Å². The van der Waals surface area contributed by atoms with Crippen LogP contribution in [0.5, 0.6) is 0 Å². The van der Waals surface area contributed by atoms with Crippen LogP contribution >= 0.6 is 0 Å². The van der Waals surface area contributed by atoms with E-state index in [1.54, 1.807) is 0 Å². The molecule has 0 aromatic heterocycles. The highest BCUT2D eigenvalue weighted by atomic mass is 16.2. The quantitative estimate of drug-likeness (QED) is 0.706. The second kappa shape index (κ2) is 7.39. The summed E-state index contributed by atoms with van der Waals surface area (Å²) in [6.07, 6.45) is 4.64. The molecule has 2 unspecified atom stereocenters. The molecule has 18 heavy (non-hydrogen) atoms. The van der Waals surface area contributed by atoms with E-state index in [1.807, 2.05) is 11.8 Å². The molecule has 0 bridgehead atoms. The number of amides is 2. The Bertz CT molecular complexity index is 292. The predicted molar refractivity (Wildman–Crippen MR) is 72.1 cm³/mol. The zero-order valence-corrected chi connectivity index (χ0v) is 11.9. The smallest absolute Gasteiger partial charge is 0.225 e. The van der Waals surface area contributed by atoms with Crippen molar-refractivity contribution in [3.05, 3.63) is 0 Å². The van der Waals surface area contributed by atoms with Crippen LogP contribution in [0.15, 0.2) is 0 Å². The number of carbonyl (C=O) groups is 2. The average molecular weight is 254 g/mol. The van der Waals surface area contributed by atoms with E-state index in [4.69, 9.17) is 0 Å². The van der Waals surface area contributed by atoms with Gasteiger partial charge >= 0.3 is 0 Å². The van der Waals surface area contributed by atoms with Crippen LogP contribution in [0.1, 0.15) is 52.9 Å². The van der Waals surface area contributed by atoms with Gasteiger partial charge in [0.15, 0.2) is 0 Å². The number of likely N-dealkylation sites (tertiary alicyclic amines) is 1. The third kappa shape index (κ3) is 4.00. The first-order valence-corrected chi connectivity index (χ1v) is 7.17. The maximum atomic E-state index is 11.9. The molecule has 1 aliphatic heterocycles. The summed E-state index contributed by atoms with van der Waals surface area (Å²) >= 11 is 0. The van der Waals surface area contributed by atoms with Crippen molar-refractivity contribution in [3.8, 4) is 0 Å². The molecule has 0 spiro atoms. The molecule has 2 amide bonds. The molecule has 1 heterocycles. The van der Waals surface area contributed by atoms with Gasteiger partial charge in [0.1, 0.15) is 0 Å². The average Bonchev–Trinajstić information content (AvgIpc) is 2.75. The van der Waals surface area contributed by atoms with E-state index in [1.165, 1.54) is 0 Å². The van der Waals surface area contributed by atoms with Gasteiger partial charge in [-0.05, 0) is 19.8 Å². The van der Waals surface area contributed by atoms with Gasteiger partial charge in [0.05, 0.1) is 5.92 Å². The Morgan fingerprint density at radius 3 is 2.78 bits per heavy atom. The van der Waals surface area contributed by atoms with Crippen molar-refractivity contribution < 1.29 is 9.59 Å². The number of hydrogen-bond donors (Lipinski definition) is 1. The van der Waals surface area contributed by atoms with Gasteiger partial charge in [0.2, 0.25) is 11.8 Å². The number of unbranched alkanes of at least 4 members (excludes halogenated alkanes) is 2. The molecule has 1 aliphatic rings. The molecular formula is C14H26N2O2. The summed E-state index contributed by atoms with van der Waals surface area (Å²) in [7, 11) is 0. The minimum absolute atomic E-state index is 0.0465. The molecule has 0 aromatic carbocycles. The van der Waals surface area contributed by atoms with E-state index in [2.05, 4.69) is 19.2 Å². The number of rotatable bonds is 7. The molecule has 104 valence electrons. The highest BCUT2D eigenvalue weighted by molar-refractivity contribution is 5.89. The Balaban J connectivity index is 2.35. The first kappa shape index (κ1) is 15.0. The summed E-state index contributed by atoms with van der Waals surface area (Å²) in [5.74, 6) is 0.0245. The maximum Gasteiger partial charge on any atom is 0.225 e. The van der Waals surface area contributed by atoms with Crippen molar-refractivity contribution in [3.63, 3.8) is 0 Å². The molecule has 1 rings (SSSR count). The lowest BCUT2D eigenvalue weighted by molar-refractivity contribution is -0.130. The Kier molecular flexibility index (Phi) is 6.16. The number of hydrogen-bond acceptors (Lipinski definition) is 2. The van der Waals surface area contributed by atoms with Crippen molar-refractivity contribution in [2.24, 2.45) is 5.92 Å². The second-order valence-corrected chi connectivity index (χ2v) is 5.20. The zero-order chi connectivity index (χ0) is 13.5. The first-order valence-electron chi connectivity index (χ1n) is 7.17. The third-order valence-electron chi connectivity index (χ3n) is 3.73. The van der Waals surface area contributed by atoms with Gasteiger partial charge in [-0.25, -0.2) is 0 Å². The monoisotopic (exact) mass is 254 g/mol. The van der Waals surface area contributed by atoms with Crippen molar-refractivity contribution >= 4 is 11.8 Å². The Morgan fingerprint density at radius 1 is 1.44 bits per heavy atom. The van der Waals surface area contributed by atoms with Gasteiger partial charge in [-0.3, -0.25) is 9.59 Å². The van der Waals surface area contributed by atoms with E-state index in [9.17, 15) is 9.59 Å². The lowest BCUT2D eigenvalue weighted by Gasteiger charge is -2.23. The van der Waals surface area contributed by atoms with E-state index in [-0.39, 0.29) is 23.8 Å². The molecule has 0 radical (unpaired) electrons. The van der Waals surface area contributed by atoms with Crippen LogP contribution in [-0.2, 0) is 9.59 Å². The fraction of sp³-hybridized carbons (Fsp3) is 0.857. The predicted octanol–water partition coefficient (Wildman–Crippen LogP) is 1.94. The Morgan fingerprint density at radius 2 is 2.17 bits per heavy atom. The summed E-state index contributed by atoms with van der Waals surface area (Å²) in [5.41, 5.74) is 0. The summed E-state index contributed by atoms with van der Waals surface area (Å²) in [6.45, 7) is 7.57. The van der Waals surface area contributed by atoms with E-state index >= 15 is 0 Å². The lowest BCUT2D eigenvalue weighted by Crippen LogP contribution is -2.36. The van der Waals surface area contributed by atoms with Crippen LogP contribution in [0, 0.1) is 5.92 Å². The molecular weight excluding hydrogens is 228 g/mol. The number of nitrogens with zero attached hydrogens (tertiary/aromatic N) is 1. The molecule has 0 aliphatic carbocycles. The topological polar surface area (TPSA) is 49.4 Å². The van der Waals surface area contributed by atoms with Crippen LogP contribution in [0.25, 0.3) is 0 Å². The fourth-order valence-electron chi connectivity index (χ4n) is 2.28. The number of carbonyl (C=O) groups excluding carboxylic acids is 2. The molecule has 0 aromatic rings. The standard InChI is InChI=1S/C14H26N2O2/c1-4-6-7-8-15-14(18)12-9-13(17)16(10-12)11(3)5-2/h11-12H,4-10H2,1-3H3,(H,15,18). The van der Waals surface area contributed by atoms with Crippen LogP contribution < -0.4 is 5.32 Å². The molecule has 1 fully saturated rings. The molecule has 0 saturated carbocycles. The van der Waals surface area contributed by atoms with Crippen molar-refractivity contribution in [1.82, 2.24) is 10.2 Å². The maximum absolute atomic E-state index is 11.9. The molecule has 4 nitrogen and oxygen atoms in total. The van der Waals surface area contributed by atoms with Gasteiger partial charge in [-0.2, -0.15) is 0 Å². The Hall–Kier alpha value is -1.06. The van der Waals surface area contributed by atoms with E-state index < -0.39 is 0 Å². The minimum Gasteiger partial charge on any atom is -0.356 e. The second-order valence-electron chi connectivity index (χ2n) is 5.20. The summed E-state index contributed by atoms with van der Waals surface area (Å²) in [5, 5.41) is 2.94. The fourth-order valence-corrected chi connectivity index (χ4v) is 2.28. The van der Waals surface area contributed by atoms with E-state index in [0.717, 1.165) is 32.2 Å². The first-order chi connectivity index (χ1) is 8.60. The van der Waals surface area contributed by atoms with Crippen LogP contribution in [0.3, 0.4) is 0 Å². The van der Waals surface area contributed by atoms with Crippen LogP contribution in [-0.4, -0.2) is 35.8 Å². The van der Waals surface area contributed by atoms with Crippen molar-refractivity contribution in [2.75, 3.05) is 13.1 Å². The summed E-state index contributed by atoms with van der Waals surface area (Å²) in [4.78, 5) is 25.6. The van der Waals surface area contributed by atoms with Gasteiger partial charge < -0.3 is 10.2 Å². The molecule has 2 atom stereocenters. The van der Waals surface area contributed by atoms with E-state index in [0.29, 0.717) is 13.0 Å². The van der Waals surface area contributed by atoms with Gasteiger partial charge in [0.25, 0.3) is 0 Å². The van der Waals surface area contributed by atoms with Crippen LogP contribution in [0.4, 0.5) is 0 Å². The highest BCUT2D eigenvalue weighted by Gasteiger charge is 2.35. The normalized spacial score (nSPS) is 21.2.